The quantitative estimate of drug-likeness (QED) is 0.242. The van der Waals surface area contributed by atoms with Crippen molar-refractivity contribution >= 4 is 22.3 Å². The van der Waals surface area contributed by atoms with Gasteiger partial charge >= 0.3 is 16.4 Å². The van der Waals surface area contributed by atoms with E-state index in [0.29, 0.717) is 38.8 Å². The Morgan fingerprint density at radius 3 is 1.76 bits per heavy atom. The van der Waals surface area contributed by atoms with Crippen LogP contribution < -0.4 is 5.32 Å². The third-order valence-corrected chi connectivity index (χ3v) is 8.19. The van der Waals surface area contributed by atoms with Crippen LogP contribution in [0.4, 0.5) is 0 Å². The molecular formula is C15H34NO7PSi. The fourth-order valence-electron chi connectivity index (χ4n) is 2.29. The third-order valence-electron chi connectivity index (χ3n) is 3.06. The second-order valence-corrected chi connectivity index (χ2v) is 9.83. The van der Waals surface area contributed by atoms with E-state index in [9.17, 15) is 9.36 Å². The van der Waals surface area contributed by atoms with Gasteiger partial charge < -0.3 is 27.6 Å². The van der Waals surface area contributed by atoms with Crippen molar-refractivity contribution in [2.75, 3.05) is 45.7 Å². The van der Waals surface area contributed by atoms with Crippen LogP contribution in [0.5, 0.6) is 0 Å². The Morgan fingerprint density at radius 2 is 1.36 bits per heavy atom. The van der Waals surface area contributed by atoms with Gasteiger partial charge in [0.15, 0.2) is 0 Å². The molecular weight excluding hydrogens is 365 g/mol. The predicted octanol–water partition coefficient (Wildman–Crippen LogP) is 2.81. The van der Waals surface area contributed by atoms with E-state index in [0.717, 1.165) is 0 Å². The van der Waals surface area contributed by atoms with Gasteiger partial charge in [0.05, 0.1) is 13.2 Å². The first kappa shape index (κ1) is 24.7. The summed E-state index contributed by atoms with van der Waals surface area (Å²) < 4.78 is 39.8. The predicted molar refractivity (Wildman–Crippen MR) is 98.8 cm³/mol. The van der Waals surface area contributed by atoms with Gasteiger partial charge in [-0.25, -0.2) is 0 Å². The van der Waals surface area contributed by atoms with Gasteiger partial charge in [-0.3, -0.25) is 9.36 Å². The molecule has 0 unspecified atom stereocenters. The molecule has 0 aliphatic heterocycles. The molecule has 0 aromatic rings. The van der Waals surface area contributed by atoms with Gasteiger partial charge in [0.2, 0.25) is 5.91 Å². The summed E-state index contributed by atoms with van der Waals surface area (Å²) in [4.78, 5) is 12.0. The highest BCUT2D eigenvalue weighted by molar-refractivity contribution is 7.54. The largest absolute Gasteiger partial charge is 0.500 e. The summed E-state index contributed by atoms with van der Waals surface area (Å²) in [6, 6.07) is 0.609. The van der Waals surface area contributed by atoms with Crippen LogP contribution in [0.2, 0.25) is 6.04 Å². The molecule has 0 radical (unpaired) electrons. The summed E-state index contributed by atoms with van der Waals surface area (Å²) in [6.07, 6.45) is 0.366. The zero-order chi connectivity index (χ0) is 19.2. The van der Waals surface area contributed by atoms with E-state index in [1.807, 2.05) is 20.8 Å². The van der Waals surface area contributed by atoms with Crippen LogP contribution in [-0.4, -0.2) is 60.5 Å². The average molecular weight is 399 g/mol. The first-order chi connectivity index (χ1) is 11.9. The van der Waals surface area contributed by atoms with E-state index >= 15 is 0 Å². The number of rotatable bonds is 16. The maximum Gasteiger partial charge on any atom is 0.500 e. The Hall–Kier alpha value is -0.283. The zero-order valence-corrected chi connectivity index (χ0v) is 18.1. The minimum Gasteiger partial charge on any atom is -0.374 e. The van der Waals surface area contributed by atoms with Crippen LogP contribution in [0.25, 0.3) is 0 Å². The van der Waals surface area contributed by atoms with Crippen molar-refractivity contribution in [1.29, 1.82) is 0 Å². The number of carbonyl (C=O) groups is 1. The maximum atomic E-state index is 12.3. The van der Waals surface area contributed by atoms with Crippen molar-refractivity contribution in [1.82, 2.24) is 5.32 Å². The normalized spacial score (nSPS) is 12.4. The summed E-state index contributed by atoms with van der Waals surface area (Å²) in [6.45, 7) is 11.6. The van der Waals surface area contributed by atoms with Crippen LogP contribution in [0, 0.1) is 0 Å². The summed E-state index contributed by atoms with van der Waals surface area (Å²) >= 11 is 0. The monoisotopic (exact) mass is 399 g/mol. The van der Waals surface area contributed by atoms with Crippen LogP contribution in [0.3, 0.4) is 0 Å². The van der Waals surface area contributed by atoms with Crippen molar-refractivity contribution in [2.24, 2.45) is 0 Å². The summed E-state index contributed by atoms with van der Waals surface area (Å²) in [5, 5.41) is 2.74. The Kier molecular flexibility index (Phi) is 13.7. The number of nitrogens with one attached hydrogen (secondary N) is 1. The lowest BCUT2D eigenvalue weighted by Crippen LogP contribution is -2.46. The van der Waals surface area contributed by atoms with E-state index in [4.69, 9.17) is 22.3 Å². The molecule has 0 fully saturated rings. The highest BCUT2D eigenvalue weighted by atomic mass is 31.2. The number of amides is 1. The smallest absolute Gasteiger partial charge is 0.374 e. The van der Waals surface area contributed by atoms with Gasteiger partial charge in [-0.2, -0.15) is 0 Å². The molecule has 0 aliphatic carbocycles. The van der Waals surface area contributed by atoms with Crippen molar-refractivity contribution < 1.29 is 31.7 Å². The van der Waals surface area contributed by atoms with Gasteiger partial charge in [0.25, 0.3) is 0 Å². The fourth-order valence-corrected chi connectivity index (χ4v) is 6.41. The number of hydrogen-bond donors (Lipinski definition) is 1. The maximum absolute atomic E-state index is 12.3. The van der Waals surface area contributed by atoms with E-state index in [-0.39, 0.29) is 25.3 Å². The van der Waals surface area contributed by atoms with Gasteiger partial charge in [0.1, 0.15) is 6.16 Å². The lowest BCUT2D eigenvalue weighted by atomic mass is 10.5. The van der Waals surface area contributed by atoms with Crippen molar-refractivity contribution in [3.05, 3.63) is 0 Å². The van der Waals surface area contributed by atoms with Crippen molar-refractivity contribution in [3.8, 4) is 0 Å². The van der Waals surface area contributed by atoms with E-state index in [2.05, 4.69) is 5.32 Å². The molecule has 0 rings (SSSR count). The van der Waals surface area contributed by atoms with Gasteiger partial charge in [0, 0.05) is 32.4 Å². The second kappa shape index (κ2) is 13.9. The molecule has 8 nitrogen and oxygen atoms in total. The van der Waals surface area contributed by atoms with Gasteiger partial charge in [-0.05, 0) is 41.0 Å². The van der Waals surface area contributed by atoms with E-state index in [1.165, 1.54) is 0 Å². The molecule has 0 atom stereocenters. The molecule has 10 heteroatoms. The topological polar surface area (TPSA) is 92.3 Å². The molecule has 0 heterocycles. The average Bonchev–Trinajstić information content (AvgIpc) is 2.52. The minimum absolute atomic E-state index is 0.232. The number of hydrogen-bond acceptors (Lipinski definition) is 7. The highest BCUT2D eigenvalue weighted by Gasteiger charge is 2.39. The van der Waals surface area contributed by atoms with Gasteiger partial charge in [-0.1, -0.05) is 0 Å². The fraction of sp³-hybridized carbons (Fsp3) is 0.933. The molecule has 0 aliphatic rings. The molecule has 25 heavy (non-hydrogen) atoms. The molecule has 0 spiro atoms. The molecule has 0 bridgehead atoms. The molecule has 1 N–H and O–H groups in total. The highest BCUT2D eigenvalue weighted by Crippen LogP contribution is 2.47. The molecule has 1 amide bonds. The molecule has 0 saturated heterocycles. The van der Waals surface area contributed by atoms with Crippen molar-refractivity contribution in [3.63, 3.8) is 0 Å². The summed E-state index contributed by atoms with van der Waals surface area (Å²) in [5.41, 5.74) is 0. The number of carbonyl (C=O) groups excluding carboxylic acids is 1. The van der Waals surface area contributed by atoms with E-state index < -0.39 is 16.4 Å². The minimum atomic E-state index is -3.37. The Bertz CT molecular complexity index is 384. The molecule has 0 aromatic heterocycles. The van der Waals surface area contributed by atoms with Crippen LogP contribution >= 0.6 is 7.60 Å². The Labute approximate surface area is 152 Å². The Morgan fingerprint density at radius 1 is 0.880 bits per heavy atom. The van der Waals surface area contributed by atoms with Crippen LogP contribution in [-0.2, 0) is 31.7 Å². The van der Waals surface area contributed by atoms with Gasteiger partial charge in [-0.15, -0.1) is 0 Å². The van der Waals surface area contributed by atoms with Crippen LogP contribution in [0.1, 0.15) is 41.0 Å². The summed E-state index contributed by atoms with van der Waals surface area (Å²) in [5.74, 6) is -0.360. The van der Waals surface area contributed by atoms with Crippen molar-refractivity contribution in [2.45, 2.75) is 47.1 Å². The van der Waals surface area contributed by atoms with E-state index in [1.54, 1.807) is 13.8 Å². The lowest BCUT2D eigenvalue weighted by Gasteiger charge is -2.28. The SMILES string of the molecule is CCO[Si](CCCNC(=O)CP(=O)(OCC)OCC)(OCC)OCC. The molecule has 150 valence electrons. The Balaban J connectivity index is 4.42. The molecule has 0 saturated carbocycles. The van der Waals surface area contributed by atoms with Crippen LogP contribution in [0.15, 0.2) is 0 Å². The first-order valence-corrected chi connectivity index (χ1v) is 12.6. The molecule has 0 aromatic carbocycles. The zero-order valence-electron chi connectivity index (χ0n) is 16.2. The second-order valence-electron chi connectivity index (χ2n) is 5.04. The lowest BCUT2D eigenvalue weighted by molar-refractivity contribution is -0.118. The third kappa shape index (κ3) is 10.4. The first-order valence-electron chi connectivity index (χ1n) is 8.97. The summed E-state index contributed by atoms with van der Waals surface area (Å²) in [7, 11) is -6.06. The standard InChI is InChI=1S/C15H34NO7PSi/c1-6-19-24(18,20-7-2)14-15(17)16-12-11-13-25(21-8-3,22-9-4)23-10-5/h6-14H2,1-5H3,(H,16,17).